The zero-order valence-corrected chi connectivity index (χ0v) is 16.5. The molecule has 0 aliphatic carbocycles. The molecular formula is C20H29N5O. The molecule has 0 radical (unpaired) electrons. The number of hydrogen-bond donors (Lipinski definition) is 0. The molecular weight excluding hydrogens is 326 g/mol. The van der Waals surface area contributed by atoms with Gasteiger partial charge in [-0.05, 0) is 58.1 Å². The van der Waals surface area contributed by atoms with Gasteiger partial charge in [0.05, 0.1) is 5.39 Å². The summed E-state index contributed by atoms with van der Waals surface area (Å²) in [4.78, 5) is 31.0. The van der Waals surface area contributed by atoms with Crippen LogP contribution in [0.4, 0.5) is 5.82 Å². The van der Waals surface area contributed by atoms with Crippen molar-refractivity contribution >= 4 is 22.8 Å². The van der Waals surface area contributed by atoms with Crippen LogP contribution in [0.3, 0.4) is 0 Å². The third-order valence-electron chi connectivity index (χ3n) is 5.17. The Morgan fingerprint density at radius 1 is 1.23 bits per heavy atom. The van der Waals surface area contributed by atoms with E-state index in [9.17, 15) is 4.79 Å². The third-order valence-corrected chi connectivity index (χ3v) is 5.17. The fourth-order valence-corrected chi connectivity index (χ4v) is 3.82. The summed E-state index contributed by atoms with van der Waals surface area (Å²) >= 11 is 0. The van der Waals surface area contributed by atoms with Gasteiger partial charge in [0, 0.05) is 31.9 Å². The summed E-state index contributed by atoms with van der Waals surface area (Å²) in [5.74, 6) is 1.54. The van der Waals surface area contributed by atoms with Crippen molar-refractivity contribution in [2.75, 3.05) is 31.1 Å². The first-order chi connectivity index (χ1) is 12.4. The predicted molar refractivity (Wildman–Crippen MR) is 105 cm³/mol. The highest BCUT2D eigenvalue weighted by Crippen LogP contribution is 2.27. The highest BCUT2D eigenvalue weighted by molar-refractivity contribution is 5.96. The molecule has 0 spiro atoms. The number of hydrogen-bond acceptors (Lipinski definition) is 5. The minimum Gasteiger partial charge on any atom is -0.356 e. The zero-order chi connectivity index (χ0) is 18.8. The average Bonchev–Trinajstić information content (AvgIpc) is 2.61. The minimum atomic E-state index is -0.0761. The van der Waals surface area contributed by atoms with Crippen LogP contribution in [0.5, 0.6) is 0 Å². The van der Waals surface area contributed by atoms with E-state index in [1.807, 2.05) is 17.9 Å². The second-order valence-corrected chi connectivity index (χ2v) is 7.32. The quantitative estimate of drug-likeness (QED) is 0.841. The van der Waals surface area contributed by atoms with Gasteiger partial charge in [-0.2, -0.15) is 0 Å². The number of fused-ring (bicyclic) bond motifs is 1. The topological polar surface area (TPSA) is 62.2 Å². The molecule has 0 bridgehead atoms. The van der Waals surface area contributed by atoms with Crippen molar-refractivity contribution < 1.29 is 4.79 Å². The van der Waals surface area contributed by atoms with E-state index in [1.54, 1.807) is 0 Å². The van der Waals surface area contributed by atoms with Gasteiger partial charge in [-0.1, -0.05) is 6.92 Å². The summed E-state index contributed by atoms with van der Waals surface area (Å²) in [6.45, 7) is 13.6. The van der Waals surface area contributed by atoms with Gasteiger partial charge < -0.3 is 9.80 Å². The number of piperidine rings is 1. The fraction of sp³-hybridized carbons (Fsp3) is 0.600. The Kier molecular flexibility index (Phi) is 5.39. The molecule has 1 aliphatic rings. The summed E-state index contributed by atoms with van der Waals surface area (Å²) in [7, 11) is 0. The fourth-order valence-electron chi connectivity index (χ4n) is 3.82. The molecule has 2 aromatic heterocycles. The predicted octanol–water partition coefficient (Wildman–Crippen LogP) is 3.36. The first-order valence-corrected chi connectivity index (χ1v) is 9.64. The summed E-state index contributed by atoms with van der Waals surface area (Å²) in [6, 6.07) is 2.05. The van der Waals surface area contributed by atoms with Crippen LogP contribution >= 0.6 is 0 Å². The molecule has 1 saturated heterocycles. The van der Waals surface area contributed by atoms with Crippen LogP contribution in [0, 0.1) is 19.8 Å². The van der Waals surface area contributed by atoms with Crippen molar-refractivity contribution in [3.63, 3.8) is 0 Å². The molecule has 1 fully saturated rings. The van der Waals surface area contributed by atoms with Gasteiger partial charge in [-0.25, -0.2) is 15.0 Å². The van der Waals surface area contributed by atoms with E-state index >= 15 is 0 Å². The van der Waals surface area contributed by atoms with Gasteiger partial charge in [0.25, 0.3) is 5.91 Å². The Bertz CT molecular complexity index is 815. The van der Waals surface area contributed by atoms with Crippen LogP contribution < -0.4 is 4.90 Å². The maximum atomic E-state index is 13.1. The molecule has 6 nitrogen and oxygen atoms in total. The van der Waals surface area contributed by atoms with Crippen LogP contribution in [0.15, 0.2) is 6.07 Å². The van der Waals surface area contributed by atoms with E-state index in [0.717, 1.165) is 55.1 Å². The Balaban J connectivity index is 2.13. The molecule has 1 amide bonds. The molecule has 2 aromatic rings. The molecule has 1 unspecified atom stereocenters. The normalized spacial score (nSPS) is 17.6. The molecule has 6 heteroatoms. The maximum absolute atomic E-state index is 13.1. The number of likely N-dealkylation sites (tertiary alicyclic amines) is 1. The highest BCUT2D eigenvalue weighted by Gasteiger charge is 2.26. The standard InChI is InChI=1S/C20H29N5O/c1-6-24(7-2)19-16-14(4)11-15(5)21-17(16)22-18(23-19)20(26)25-10-8-9-13(3)12-25/h11,13H,6-10,12H2,1-5H3. The van der Waals surface area contributed by atoms with Crippen molar-refractivity contribution in [2.24, 2.45) is 5.92 Å². The molecule has 0 saturated carbocycles. The van der Waals surface area contributed by atoms with Gasteiger partial charge >= 0.3 is 0 Å². The van der Waals surface area contributed by atoms with E-state index in [2.05, 4.69) is 42.6 Å². The molecule has 0 N–H and O–H groups in total. The van der Waals surface area contributed by atoms with E-state index in [-0.39, 0.29) is 11.7 Å². The number of pyridine rings is 1. The first-order valence-electron chi connectivity index (χ1n) is 9.64. The average molecular weight is 355 g/mol. The molecule has 3 rings (SSSR count). The van der Waals surface area contributed by atoms with E-state index in [4.69, 9.17) is 4.98 Å². The van der Waals surface area contributed by atoms with Crippen molar-refractivity contribution in [2.45, 2.75) is 47.5 Å². The summed E-state index contributed by atoms with van der Waals surface area (Å²) < 4.78 is 0. The maximum Gasteiger partial charge on any atom is 0.291 e. The van der Waals surface area contributed by atoms with Gasteiger partial charge in [-0.15, -0.1) is 0 Å². The molecule has 0 aromatic carbocycles. The van der Waals surface area contributed by atoms with Crippen molar-refractivity contribution in [1.29, 1.82) is 0 Å². The largest absolute Gasteiger partial charge is 0.356 e. The number of nitrogens with zero attached hydrogens (tertiary/aromatic N) is 5. The van der Waals surface area contributed by atoms with E-state index in [1.165, 1.54) is 6.42 Å². The van der Waals surface area contributed by atoms with Crippen LogP contribution in [-0.2, 0) is 0 Å². The second-order valence-electron chi connectivity index (χ2n) is 7.32. The van der Waals surface area contributed by atoms with Crippen molar-refractivity contribution in [3.8, 4) is 0 Å². The van der Waals surface area contributed by atoms with Gasteiger partial charge in [0.1, 0.15) is 5.82 Å². The Morgan fingerprint density at radius 3 is 2.62 bits per heavy atom. The van der Waals surface area contributed by atoms with Gasteiger partial charge in [0.15, 0.2) is 5.65 Å². The van der Waals surface area contributed by atoms with Gasteiger partial charge in [-0.3, -0.25) is 4.79 Å². The lowest BCUT2D eigenvalue weighted by atomic mass is 10.0. The first kappa shape index (κ1) is 18.5. The van der Waals surface area contributed by atoms with Gasteiger partial charge in [0.2, 0.25) is 5.82 Å². The number of amides is 1. The number of anilines is 1. The molecule has 26 heavy (non-hydrogen) atoms. The summed E-state index contributed by atoms with van der Waals surface area (Å²) in [6.07, 6.45) is 2.22. The lowest BCUT2D eigenvalue weighted by Crippen LogP contribution is -2.40. The number of carbonyl (C=O) groups is 1. The number of carbonyl (C=O) groups excluding carboxylic acids is 1. The van der Waals surface area contributed by atoms with E-state index in [0.29, 0.717) is 11.6 Å². The molecule has 1 aliphatic heterocycles. The molecule has 1 atom stereocenters. The minimum absolute atomic E-state index is 0.0761. The number of aryl methyl sites for hydroxylation is 2. The van der Waals surface area contributed by atoms with Crippen LogP contribution in [-0.4, -0.2) is 51.9 Å². The Morgan fingerprint density at radius 2 is 1.96 bits per heavy atom. The number of rotatable bonds is 4. The Labute approximate surface area is 155 Å². The van der Waals surface area contributed by atoms with Crippen molar-refractivity contribution in [1.82, 2.24) is 19.9 Å². The van der Waals surface area contributed by atoms with Crippen molar-refractivity contribution in [3.05, 3.63) is 23.1 Å². The smallest absolute Gasteiger partial charge is 0.291 e. The molecule has 3 heterocycles. The lowest BCUT2D eigenvalue weighted by Gasteiger charge is -2.30. The van der Waals surface area contributed by atoms with Crippen LogP contribution in [0.25, 0.3) is 11.0 Å². The SMILES string of the molecule is CCN(CC)c1nc(C(=O)N2CCCC(C)C2)nc2nc(C)cc(C)c12. The lowest BCUT2D eigenvalue weighted by molar-refractivity contribution is 0.0671. The monoisotopic (exact) mass is 355 g/mol. The molecule has 140 valence electrons. The van der Waals surface area contributed by atoms with E-state index < -0.39 is 0 Å². The second kappa shape index (κ2) is 7.56. The highest BCUT2D eigenvalue weighted by atomic mass is 16.2. The third kappa shape index (κ3) is 3.50. The number of aromatic nitrogens is 3. The Hall–Kier alpha value is -2.24. The summed E-state index contributed by atoms with van der Waals surface area (Å²) in [5, 5.41) is 0.947. The van der Waals surface area contributed by atoms with Crippen LogP contribution in [0.2, 0.25) is 0 Å². The van der Waals surface area contributed by atoms with Crippen LogP contribution in [0.1, 0.15) is 55.5 Å². The zero-order valence-electron chi connectivity index (χ0n) is 16.5. The summed E-state index contributed by atoms with van der Waals surface area (Å²) in [5.41, 5.74) is 2.62.